The first-order valence-electron chi connectivity index (χ1n) is 5.86. The molecule has 0 bridgehead atoms. The van der Waals surface area contributed by atoms with E-state index in [0.717, 1.165) is 17.6 Å². The highest BCUT2D eigenvalue weighted by atomic mass is 32.2. The Morgan fingerprint density at radius 3 is 3.00 bits per heavy atom. The van der Waals surface area contributed by atoms with Crippen molar-refractivity contribution in [2.75, 3.05) is 19.8 Å². The molecule has 0 aliphatic rings. The van der Waals surface area contributed by atoms with Gasteiger partial charge in [-0.15, -0.1) is 11.3 Å². The molecule has 0 saturated heterocycles. The van der Waals surface area contributed by atoms with Crippen molar-refractivity contribution in [3.8, 4) is 0 Å². The summed E-state index contributed by atoms with van der Waals surface area (Å²) in [6.07, 6.45) is 1.63. The van der Waals surface area contributed by atoms with Gasteiger partial charge in [-0.1, -0.05) is 0 Å². The molecule has 1 aromatic rings. The Balaban J connectivity index is 2.47. The molecule has 0 fully saturated rings. The fraction of sp³-hybridized carbons (Fsp3) is 0.400. The van der Waals surface area contributed by atoms with Gasteiger partial charge in [-0.25, -0.2) is 4.98 Å². The summed E-state index contributed by atoms with van der Waals surface area (Å²) in [6.45, 7) is 0. The molecular formula is C10H17N7O2S2. The molecule has 5 N–H and O–H groups in total. The second-order valence-electron chi connectivity index (χ2n) is 3.79. The van der Waals surface area contributed by atoms with Crippen molar-refractivity contribution in [3.05, 3.63) is 33.2 Å². The van der Waals surface area contributed by atoms with Crippen LogP contribution < -0.4 is 16.8 Å². The van der Waals surface area contributed by atoms with Crippen LogP contribution in [0.5, 0.6) is 0 Å². The molecule has 0 atom stereocenters. The second kappa shape index (κ2) is 8.32. The largest absolute Gasteiger partial charge is 0.370 e. The third kappa shape index (κ3) is 6.31. The third-order valence-corrected chi connectivity index (χ3v) is 3.98. The van der Waals surface area contributed by atoms with Gasteiger partial charge in [0.2, 0.25) is 5.13 Å². The number of guanidine groups is 1. The average molecular weight is 331 g/mol. The second-order valence-corrected chi connectivity index (χ2v) is 5.84. The van der Waals surface area contributed by atoms with Gasteiger partial charge in [0.15, 0.2) is 11.8 Å². The molecule has 9 nitrogen and oxygen atoms in total. The highest BCUT2D eigenvalue weighted by molar-refractivity contribution is 7.97. The summed E-state index contributed by atoms with van der Waals surface area (Å²) >= 11 is 2.81. The van der Waals surface area contributed by atoms with Crippen LogP contribution in [0, 0.1) is 10.1 Å². The zero-order chi connectivity index (χ0) is 15.8. The number of nitrogens with zero attached hydrogens (tertiary/aromatic N) is 4. The number of hydrogen-bond donors (Lipinski definition) is 3. The molecule has 0 aliphatic heterocycles. The number of nitrogens with one attached hydrogen (secondary N) is 1. The monoisotopic (exact) mass is 331 g/mol. The molecule has 1 rings (SSSR count). The Morgan fingerprint density at radius 2 is 2.43 bits per heavy atom. The highest BCUT2D eigenvalue weighted by Gasteiger charge is 2.09. The number of thiazole rings is 1. The number of aliphatic imine (C=N–C) groups is 1. The number of aromatic nitrogens is 1. The minimum absolute atomic E-state index is 0.0198. The van der Waals surface area contributed by atoms with E-state index >= 15 is 0 Å². The molecular weight excluding hydrogens is 314 g/mol. The van der Waals surface area contributed by atoms with Crippen molar-refractivity contribution in [1.82, 2.24) is 14.6 Å². The lowest BCUT2D eigenvalue weighted by Crippen LogP contribution is -2.22. The van der Waals surface area contributed by atoms with Crippen LogP contribution >= 0.6 is 23.3 Å². The molecule has 116 valence electrons. The molecule has 0 amide bonds. The van der Waals surface area contributed by atoms with E-state index in [2.05, 4.69) is 15.3 Å². The normalized spacial score (nSPS) is 11.0. The molecule has 0 aromatic carbocycles. The summed E-state index contributed by atoms with van der Waals surface area (Å²) in [4.78, 5) is 18.1. The van der Waals surface area contributed by atoms with Gasteiger partial charge in [-0.2, -0.15) is 4.99 Å². The summed E-state index contributed by atoms with van der Waals surface area (Å²) in [5.41, 5.74) is 11.4. The summed E-state index contributed by atoms with van der Waals surface area (Å²) in [5, 5.41) is 15.6. The highest BCUT2D eigenvalue weighted by Crippen LogP contribution is 2.20. The van der Waals surface area contributed by atoms with Crippen LogP contribution in [0.25, 0.3) is 0 Å². The average Bonchev–Trinajstić information content (AvgIpc) is 2.82. The van der Waals surface area contributed by atoms with Crippen LogP contribution in [0.4, 0.5) is 5.13 Å². The minimum Gasteiger partial charge on any atom is -0.370 e. The fourth-order valence-electron chi connectivity index (χ4n) is 1.33. The van der Waals surface area contributed by atoms with Crippen LogP contribution in [0.1, 0.15) is 5.69 Å². The summed E-state index contributed by atoms with van der Waals surface area (Å²) in [6, 6.07) is 0. The maximum absolute atomic E-state index is 10.5. The molecule has 0 saturated carbocycles. The molecule has 0 radical (unpaired) electrons. The first kappa shape index (κ1) is 17.0. The third-order valence-electron chi connectivity index (χ3n) is 2.23. The van der Waals surface area contributed by atoms with Crippen LogP contribution in [0.3, 0.4) is 0 Å². The van der Waals surface area contributed by atoms with E-state index in [9.17, 15) is 10.1 Å². The summed E-state index contributed by atoms with van der Waals surface area (Å²) in [5.74, 6) is 1.12. The zero-order valence-corrected chi connectivity index (χ0v) is 13.3. The van der Waals surface area contributed by atoms with Crippen molar-refractivity contribution < 1.29 is 4.92 Å². The van der Waals surface area contributed by atoms with Crippen LogP contribution in [0.2, 0.25) is 0 Å². The van der Waals surface area contributed by atoms with Crippen molar-refractivity contribution in [2.45, 2.75) is 6.42 Å². The first-order valence-corrected chi connectivity index (χ1v) is 7.68. The standard InChI is InChI=1S/C10H17N7O2S2/c1-13-8(5-17(18)19)16(2)21-4-3-7-6-20-10(14-7)15-9(11)12/h5-6,13H,3-4H2,1-2H3,(H4,11,12,14,15)/b8-5+. The SMILES string of the molecule is CN/C(=C\[N+](=O)[O-])N(C)SCCc1csc(N=C(N)N)n1. The lowest BCUT2D eigenvalue weighted by atomic mass is 10.4. The van der Waals surface area contributed by atoms with E-state index in [1.165, 1.54) is 23.3 Å². The number of rotatable bonds is 8. The zero-order valence-electron chi connectivity index (χ0n) is 11.6. The lowest BCUT2D eigenvalue weighted by Gasteiger charge is -2.18. The Labute approximate surface area is 130 Å². The maximum atomic E-state index is 10.5. The van der Waals surface area contributed by atoms with E-state index in [1.54, 1.807) is 18.4 Å². The van der Waals surface area contributed by atoms with Gasteiger partial charge >= 0.3 is 0 Å². The van der Waals surface area contributed by atoms with Gasteiger partial charge in [0.05, 0.1) is 10.6 Å². The molecule has 11 heteroatoms. The predicted octanol–water partition coefficient (Wildman–Crippen LogP) is 0.466. The molecule has 21 heavy (non-hydrogen) atoms. The van der Waals surface area contributed by atoms with Crippen molar-refractivity contribution in [2.24, 2.45) is 16.5 Å². The van der Waals surface area contributed by atoms with E-state index in [4.69, 9.17) is 11.5 Å². The maximum Gasteiger partial charge on any atom is 0.275 e. The van der Waals surface area contributed by atoms with Crippen molar-refractivity contribution >= 4 is 34.4 Å². The lowest BCUT2D eigenvalue weighted by molar-refractivity contribution is -0.404. The van der Waals surface area contributed by atoms with Gasteiger partial charge in [-0.05, 0) is 11.9 Å². The van der Waals surface area contributed by atoms with E-state index in [0.29, 0.717) is 17.4 Å². The number of hydrogen-bond acceptors (Lipinski definition) is 8. The molecule has 1 heterocycles. The number of aryl methyl sites for hydroxylation is 1. The van der Waals surface area contributed by atoms with Gasteiger partial charge in [0, 0.05) is 31.6 Å². The van der Waals surface area contributed by atoms with E-state index in [-0.39, 0.29) is 5.96 Å². The molecule has 1 aromatic heterocycles. The first-order chi connectivity index (χ1) is 9.92. The van der Waals surface area contributed by atoms with E-state index in [1.807, 2.05) is 5.38 Å². The Kier molecular flexibility index (Phi) is 6.75. The van der Waals surface area contributed by atoms with Gasteiger partial charge in [0.1, 0.15) is 0 Å². The van der Waals surface area contributed by atoms with Crippen molar-refractivity contribution in [3.63, 3.8) is 0 Å². The van der Waals surface area contributed by atoms with E-state index < -0.39 is 4.92 Å². The molecule has 0 aliphatic carbocycles. The Morgan fingerprint density at radius 1 is 1.71 bits per heavy atom. The number of nitrogens with two attached hydrogens (primary N) is 2. The smallest absolute Gasteiger partial charge is 0.275 e. The Hall–Kier alpha value is -2.01. The van der Waals surface area contributed by atoms with Gasteiger partial charge in [0.25, 0.3) is 6.20 Å². The van der Waals surface area contributed by atoms with Gasteiger partial charge < -0.3 is 21.1 Å². The quantitative estimate of drug-likeness (QED) is 0.205. The van der Waals surface area contributed by atoms with Crippen LogP contribution in [0.15, 0.2) is 22.4 Å². The molecule has 0 spiro atoms. The predicted molar refractivity (Wildman–Crippen MR) is 85.6 cm³/mol. The molecule has 0 unspecified atom stereocenters. The summed E-state index contributed by atoms with van der Waals surface area (Å²) in [7, 11) is 3.39. The fourth-order valence-corrected chi connectivity index (χ4v) is 2.92. The van der Waals surface area contributed by atoms with Crippen LogP contribution in [-0.4, -0.2) is 40.0 Å². The minimum atomic E-state index is -0.495. The number of nitro groups is 1. The Bertz CT molecular complexity index is 539. The van der Waals surface area contributed by atoms with Crippen LogP contribution in [-0.2, 0) is 6.42 Å². The van der Waals surface area contributed by atoms with Crippen molar-refractivity contribution in [1.29, 1.82) is 0 Å². The van der Waals surface area contributed by atoms with Gasteiger partial charge in [-0.3, -0.25) is 10.1 Å². The topological polar surface area (TPSA) is 136 Å². The summed E-state index contributed by atoms with van der Waals surface area (Å²) < 4.78 is 1.70.